The summed E-state index contributed by atoms with van der Waals surface area (Å²) in [6, 6.07) is 11.4. The van der Waals surface area contributed by atoms with Crippen LogP contribution in [0.2, 0.25) is 5.02 Å². The van der Waals surface area contributed by atoms with Gasteiger partial charge in [0.15, 0.2) is 0 Å². The predicted octanol–water partition coefficient (Wildman–Crippen LogP) is 2.88. The molecule has 0 unspecified atom stereocenters. The third-order valence-corrected chi connectivity index (χ3v) is 3.84. The van der Waals surface area contributed by atoms with E-state index in [1.54, 1.807) is 30.3 Å². The van der Waals surface area contributed by atoms with Gasteiger partial charge in [-0.2, -0.15) is 0 Å². The standard InChI is InChI=1S/C14H14ClFN2O2S/c15-13-6-3-11(7-14(13)16)8-18-12-4-1-10(2-5-12)9-21(17,19)20/h1-7,18H,8-9H2,(H2,17,19,20). The molecule has 2 rings (SSSR count). The molecule has 0 radical (unpaired) electrons. The Balaban J connectivity index is 1.99. The van der Waals surface area contributed by atoms with E-state index in [-0.39, 0.29) is 10.8 Å². The molecule has 0 atom stereocenters. The molecule has 0 saturated heterocycles. The molecule has 0 heterocycles. The summed E-state index contributed by atoms with van der Waals surface area (Å²) < 4.78 is 35.2. The van der Waals surface area contributed by atoms with Crippen molar-refractivity contribution in [3.63, 3.8) is 0 Å². The molecule has 112 valence electrons. The Morgan fingerprint density at radius 3 is 2.29 bits per heavy atom. The highest BCUT2D eigenvalue weighted by Gasteiger charge is 2.05. The van der Waals surface area contributed by atoms with Gasteiger partial charge in [-0.15, -0.1) is 0 Å². The summed E-state index contributed by atoms with van der Waals surface area (Å²) >= 11 is 5.61. The number of benzene rings is 2. The predicted molar refractivity (Wildman–Crippen MR) is 82.0 cm³/mol. The fourth-order valence-corrected chi connectivity index (χ4v) is 2.58. The first-order valence-corrected chi connectivity index (χ1v) is 8.20. The van der Waals surface area contributed by atoms with Crippen LogP contribution in [-0.2, 0) is 22.3 Å². The van der Waals surface area contributed by atoms with Crippen molar-refractivity contribution in [3.05, 3.63) is 64.4 Å². The molecule has 0 spiro atoms. The molecule has 0 aliphatic carbocycles. The molecular weight excluding hydrogens is 315 g/mol. The normalized spacial score (nSPS) is 11.4. The Kier molecular flexibility index (Phi) is 4.82. The summed E-state index contributed by atoms with van der Waals surface area (Å²) in [5.41, 5.74) is 2.16. The summed E-state index contributed by atoms with van der Waals surface area (Å²) in [5.74, 6) is -0.658. The van der Waals surface area contributed by atoms with Gasteiger partial charge in [0.2, 0.25) is 10.0 Å². The minimum atomic E-state index is -3.53. The maximum atomic E-state index is 13.3. The van der Waals surface area contributed by atoms with Gasteiger partial charge in [0.05, 0.1) is 10.8 Å². The number of halogens is 2. The summed E-state index contributed by atoms with van der Waals surface area (Å²) in [6.45, 7) is 0.433. The quantitative estimate of drug-likeness (QED) is 0.886. The van der Waals surface area contributed by atoms with Crippen LogP contribution in [0.15, 0.2) is 42.5 Å². The van der Waals surface area contributed by atoms with Crippen LogP contribution in [-0.4, -0.2) is 8.42 Å². The van der Waals surface area contributed by atoms with Gasteiger partial charge in [-0.1, -0.05) is 29.8 Å². The lowest BCUT2D eigenvalue weighted by Gasteiger charge is -2.08. The molecular formula is C14H14ClFN2O2S. The van der Waals surface area contributed by atoms with Crippen molar-refractivity contribution in [2.45, 2.75) is 12.3 Å². The summed E-state index contributed by atoms with van der Waals surface area (Å²) in [7, 11) is -3.53. The number of nitrogens with one attached hydrogen (secondary N) is 1. The van der Waals surface area contributed by atoms with E-state index in [1.807, 2.05) is 0 Å². The van der Waals surface area contributed by atoms with Crippen molar-refractivity contribution in [2.75, 3.05) is 5.32 Å². The third kappa shape index (κ3) is 5.00. The van der Waals surface area contributed by atoms with Crippen molar-refractivity contribution in [2.24, 2.45) is 5.14 Å². The van der Waals surface area contributed by atoms with Gasteiger partial charge in [0.25, 0.3) is 0 Å². The van der Waals surface area contributed by atoms with Crippen molar-refractivity contribution < 1.29 is 12.8 Å². The van der Waals surface area contributed by atoms with Crippen LogP contribution in [0.5, 0.6) is 0 Å². The van der Waals surface area contributed by atoms with Crippen LogP contribution in [0.25, 0.3) is 0 Å². The molecule has 4 nitrogen and oxygen atoms in total. The van der Waals surface area contributed by atoms with E-state index in [9.17, 15) is 12.8 Å². The maximum Gasteiger partial charge on any atom is 0.213 e. The number of hydrogen-bond donors (Lipinski definition) is 2. The molecule has 0 saturated carbocycles. The Bertz CT molecular complexity index is 733. The fraction of sp³-hybridized carbons (Fsp3) is 0.143. The zero-order chi connectivity index (χ0) is 15.5. The zero-order valence-corrected chi connectivity index (χ0v) is 12.6. The molecule has 3 N–H and O–H groups in total. The van der Waals surface area contributed by atoms with Gasteiger partial charge in [0.1, 0.15) is 5.82 Å². The highest BCUT2D eigenvalue weighted by Crippen LogP contribution is 2.17. The number of rotatable bonds is 5. The topological polar surface area (TPSA) is 72.2 Å². The van der Waals surface area contributed by atoms with Crippen LogP contribution >= 0.6 is 11.6 Å². The van der Waals surface area contributed by atoms with Gasteiger partial charge in [0, 0.05) is 12.2 Å². The Labute approximate surface area is 127 Å². The lowest BCUT2D eigenvalue weighted by Crippen LogP contribution is -2.14. The molecule has 0 fully saturated rings. The molecule has 0 amide bonds. The SMILES string of the molecule is NS(=O)(=O)Cc1ccc(NCc2ccc(Cl)c(F)c2)cc1. The smallest absolute Gasteiger partial charge is 0.213 e. The fourth-order valence-electron chi connectivity index (χ4n) is 1.80. The second-order valence-corrected chi connectivity index (χ2v) is 6.63. The van der Waals surface area contributed by atoms with Gasteiger partial charge in [-0.25, -0.2) is 17.9 Å². The summed E-state index contributed by atoms with van der Waals surface area (Å²) in [6.07, 6.45) is 0. The van der Waals surface area contributed by atoms with Gasteiger partial charge >= 0.3 is 0 Å². The lowest BCUT2D eigenvalue weighted by molar-refractivity contribution is 0.597. The first-order chi connectivity index (χ1) is 9.83. The minimum absolute atomic E-state index is 0.0890. The average Bonchev–Trinajstić information content (AvgIpc) is 2.40. The molecule has 0 aliphatic rings. The van der Waals surface area contributed by atoms with Crippen LogP contribution in [0.1, 0.15) is 11.1 Å². The summed E-state index contributed by atoms with van der Waals surface area (Å²) in [5, 5.41) is 8.17. The molecule has 21 heavy (non-hydrogen) atoms. The number of hydrogen-bond acceptors (Lipinski definition) is 3. The van der Waals surface area contributed by atoms with E-state index in [2.05, 4.69) is 5.32 Å². The largest absolute Gasteiger partial charge is 0.381 e. The van der Waals surface area contributed by atoms with Crippen molar-refractivity contribution in [3.8, 4) is 0 Å². The van der Waals surface area contributed by atoms with Crippen LogP contribution < -0.4 is 10.5 Å². The van der Waals surface area contributed by atoms with E-state index in [0.717, 1.165) is 11.3 Å². The number of nitrogens with two attached hydrogens (primary N) is 1. The van der Waals surface area contributed by atoms with Crippen LogP contribution in [0.4, 0.5) is 10.1 Å². The highest BCUT2D eigenvalue weighted by atomic mass is 35.5. The monoisotopic (exact) mass is 328 g/mol. The average molecular weight is 329 g/mol. The molecule has 0 bridgehead atoms. The minimum Gasteiger partial charge on any atom is -0.381 e. The second-order valence-electron chi connectivity index (χ2n) is 4.61. The van der Waals surface area contributed by atoms with E-state index in [4.69, 9.17) is 16.7 Å². The van der Waals surface area contributed by atoms with E-state index < -0.39 is 15.8 Å². The Hall–Kier alpha value is -1.63. The van der Waals surface area contributed by atoms with Crippen LogP contribution in [0, 0.1) is 5.82 Å². The molecule has 0 aromatic heterocycles. The zero-order valence-electron chi connectivity index (χ0n) is 11.0. The van der Waals surface area contributed by atoms with E-state index in [1.165, 1.54) is 12.1 Å². The van der Waals surface area contributed by atoms with E-state index in [0.29, 0.717) is 12.1 Å². The first kappa shape index (κ1) is 15.8. The third-order valence-electron chi connectivity index (χ3n) is 2.80. The first-order valence-electron chi connectivity index (χ1n) is 6.11. The highest BCUT2D eigenvalue weighted by molar-refractivity contribution is 7.88. The summed E-state index contributed by atoms with van der Waals surface area (Å²) in [4.78, 5) is 0. The van der Waals surface area contributed by atoms with Crippen molar-refractivity contribution >= 4 is 27.3 Å². The number of sulfonamides is 1. The molecule has 0 aliphatic heterocycles. The van der Waals surface area contributed by atoms with Crippen molar-refractivity contribution in [1.29, 1.82) is 0 Å². The Morgan fingerprint density at radius 2 is 1.71 bits per heavy atom. The second kappa shape index (κ2) is 6.43. The Morgan fingerprint density at radius 1 is 1.10 bits per heavy atom. The molecule has 2 aromatic rings. The van der Waals surface area contributed by atoms with Gasteiger partial charge in [-0.3, -0.25) is 0 Å². The number of anilines is 1. The van der Waals surface area contributed by atoms with E-state index >= 15 is 0 Å². The lowest BCUT2D eigenvalue weighted by atomic mass is 10.2. The van der Waals surface area contributed by atoms with Crippen LogP contribution in [0.3, 0.4) is 0 Å². The molecule has 7 heteroatoms. The van der Waals surface area contributed by atoms with Crippen molar-refractivity contribution in [1.82, 2.24) is 0 Å². The molecule has 2 aromatic carbocycles. The van der Waals surface area contributed by atoms with Gasteiger partial charge in [-0.05, 0) is 35.4 Å². The van der Waals surface area contributed by atoms with Gasteiger partial charge < -0.3 is 5.32 Å². The maximum absolute atomic E-state index is 13.3. The number of primary sulfonamides is 1.